The first-order chi connectivity index (χ1) is 21.3. The normalized spacial score (nSPS) is 11.3. The summed E-state index contributed by atoms with van der Waals surface area (Å²) in [7, 11) is 1.32. The molecule has 0 aliphatic heterocycles. The monoisotopic (exact) mass is 616 g/mol. The van der Waals surface area contributed by atoms with Gasteiger partial charge in [0.25, 0.3) is 5.91 Å². The number of halogens is 1. The summed E-state index contributed by atoms with van der Waals surface area (Å²) in [5.41, 5.74) is 2.88. The zero-order valence-electron chi connectivity index (χ0n) is 24.2. The van der Waals surface area contributed by atoms with Crippen LogP contribution in [0.2, 0.25) is 5.02 Å². The number of amides is 3. The number of nitrogens with zero attached hydrogens (tertiary/aromatic N) is 1. The van der Waals surface area contributed by atoms with E-state index >= 15 is 0 Å². The molecule has 4 rings (SSSR count). The molecule has 4 aromatic rings. The number of fused-ring (bicyclic) bond motifs is 1. The number of nitrogens with one attached hydrogen (secondary N) is 3. The van der Waals surface area contributed by atoms with Gasteiger partial charge in [0, 0.05) is 29.1 Å². The highest BCUT2D eigenvalue weighted by Crippen LogP contribution is 2.19. The van der Waals surface area contributed by atoms with E-state index in [0.717, 1.165) is 16.5 Å². The molecule has 3 aromatic carbocycles. The maximum atomic E-state index is 13.5. The van der Waals surface area contributed by atoms with Crippen LogP contribution in [-0.4, -0.2) is 48.6 Å². The van der Waals surface area contributed by atoms with Gasteiger partial charge in [-0.05, 0) is 60.7 Å². The highest BCUT2D eigenvalue weighted by atomic mass is 35.5. The molecule has 10 nitrogen and oxygen atoms in total. The minimum absolute atomic E-state index is 0.0816. The lowest BCUT2D eigenvalue weighted by molar-refractivity contribution is -0.140. The third kappa shape index (κ3) is 9.53. The summed E-state index contributed by atoms with van der Waals surface area (Å²) in [5.74, 6) is -1.32. The first kappa shape index (κ1) is 32.0. The number of alkyl carbamates (subject to hydrolysis) is 1. The number of carbonyl (C=O) groups is 4. The van der Waals surface area contributed by atoms with Crippen LogP contribution in [0.25, 0.3) is 10.9 Å². The number of carbonyl (C=O) groups excluding carboxylic acids is 4. The Hall–Kier alpha value is -4.96. The first-order valence-electron chi connectivity index (χ1n) is 14.1. The van der Waals surface area contributed by atoms with Crippen LogP contribution in [0, 0.1) is 0 Å². The number of aromatic nitrogens is 1. The van der Waals surface area contributed by atoms with E-state index in [9.17, 15) is 19.2 Å². The van der Waals surface area contributed by atoms with Gasteiger partial charge >= 0.3 is 12.1 Å². The van der Waals surface area contributed by atoms with Crippen molar-refractivity contribution in [2.24, 2.45) is 0 Å². The Labute approximate surface area is 260 Å². The van der Waals surface area contributed by atoms with E-state index in [0.29, 0.717) is 29.1 Å². The number of rotatable bonds is 13. The average Bonchev–Trinajstić information content (AvgIpc) is 3.04. The Morgan fingerprint density at radius 1 is 0.909 bits per heavy atom. The third-order valence-electron chi connectivity index (χ3n) is 6.78. The summed E-state index contributed by atoms with van der Waals surface area (Å²) in [6.45, 7) is 0.293. The summed E-state index contributed by atoms with van der Waals surface area (Å²) >= 11 is 5.88. The molecule has 11 heteroatoms. The lowest BCUT2D eigenvalue weighted by atomic mass is 10.1. The van der Waals surface area contributed by atoms with Gasteiger partial charge in [-0.3, -0.25) is 14.4 Å². The van der Waals surface area contributed by atoms with Gasteiger partial charge in [0.2, 0.25) is 5.91 Å². The molecular weight excluding hydrogens is 584 g/mol. The molecule has 0 aliphatic rings. The van der Waals surface area contributed by atoms with Crippen LogP contribution in [-0.2, 0) is 32.1 Å². The molecule has 0 bridgehead atoms. The molecule has 0 spiro atoms. The van der Waals surface area contributed by atoms with Gasteiger partial charge in [0.1, 0.15) is 18.3 Å². The number of pyridine rings is 1. The van der Waals surface area contributed by atoms with Gasteiger partial charge in [0.15, 0.2) is 0 Å². The second-order valence-corrected chi connectivity index (χ2v) is 10.3. The lowest BCUT2D eigenvalue weighted by Gasteiger charge is -2.20. The summed E-state index contributed by atoms with van der Waals surface area (Å²) < 4.78 is 9.97. The van der Waals surface area contributed by atoms with Crippen LogP contribution in [0.15, 0.2) is 84.9 Å². The minimum atomic E-state index is -0.948. The molecule has 228 valence electrons. The Balaban J connectivity index is 1.39. The summed E-state index contributed by atoms with van der Waals surface area (Å²) in [4.78, 5) is 55.0. The van der Waals surface area contributed by atoms with E-state index in [-0.39, 0.29) is 37.7 Å². The van der Waals surface area contributed by atoms with Crippen molar-refractivity contribution < 1.29 is 28.7 Å². The van der Waals surface area contributed by atoms with Crippen LogP contribution in [0.4, 0.5) is 10.5 Å². The first-order valence-corrected chi connectivity index (χ1v) is 14.5. The fourth-order valence-electron chi connectivity index (χ4n) is 4.39. The number of aryl methyl sites for hydroxylation is 1. The molecule has 1 atom stereocenters. The molecule has 3 N–H and O–H groups in total. The molecule has 0 saturated carbocycles. The highest BCUT2D eigenvalue weighted by molar-refractivity contribution is 6.30. The fraction of sp³-hybridized carbons (Fsp3) is 0.242. The van der Waals surface area contributed by atoms with E-state index in [1.165, 1.54) is 7.11 Å². The second kappa shape index (κ2) is 16.0. The van der Waals surface area contributed by atoms with Crippen LogP contribution < -0.4 is 16.0 Å². The predicted molar refractivity (Wildman–Crippen MR) is 167 cm³/mol. The van der Waals surface area contributed by atoms with Crippen LogP contribution in [0.5, 0.6) is 0 Å². The Morgan fingerprint density at radius 2 is 1.66 bits per heavy atom. The average molecular weight is 617 g/mol. The Bertz CT molecular complexity index is 1610. The van der Waals surface area contributed by atoms with Crippen molar-refractivity contribution in [1.82, 2.24) is 15.6 Å². The number of ether oxygens (including phenoxy) is 2. The number of para-hydroxylation sites is 2. The molecule has 1 heterocycles. The van der Waals surface area contributed by atoms with Gasteiger partial charge < -0.3 is 25.4 Å². The van der Waals surface area contributed by atoms with Crippen LogP contribution in [0.1, 0.15) is 40.9 Å². The van der Waals surface area contributed by atoms with Crippen molar-refractivity contribution in [2.75, 3.05) is 19.0 Å². The van der Waals surface area contributed by atoms with Gasteiger partial charge in [-0.1, -0.05) is 66.2 Å². The van der Waals surface area contributed by atoms with E-state index in [1.807, 2.05) is 30.3 Å². The van der Waals surface area contributed by atoms with Gasteiger partial charge in [-0.2, -0.15) is 0 Å². The van der Waals surface area contributed by atoms with Crippen molar-refractivity contribution in [3.05, 3.63) is 107 Å². The zero-order valence-corrected chi connectivity index (χ0v) is 24.9. The molecule has 0 aliphatic carbocycles. The molecule has 0 fully saturated rings. The number of esters is 1. The summed E-state index contributed by atoms with van der Waals surface area (Å²) in [6.07, 6.45) is 0.487. The van der Waals surface area contributed by atoms with E-state index in [2.05, 4.69) is 20.9 Å². The molecule has 0 saturated heterocycles. The Kier molecular flexibility index (Phi) is 11.7. The number of hydrogen-bond acceptors (Lipinski definition) is 7. The maximum absolute atomic E-state index is 13.5. The molecule has 0 radical (unpaired) electrons. The summed E-state index contributed by atoms with van der Waals surface area (Å²) in [5, 5.41) is 9.82. The highest BCUT2D eigenvalue weighted by Gasteiger charge is 2.23. The van der Waals surface area contributed by atoms with Gasteiger partial charge in [0.05, 0.1) is 12.6 Å². The number of benzene rings is 3. The van der Waals surface area contributed by atoms with Crippen molar-refractivity contribution in [2.45, 2.75) is 38.3 Å². The largest absolute Gasteiger partial charge is 0.469 e. The SMILES string of the molecule is COC(=O)CCc1ccccc1NC(=O)[C@H](CCCNC(=O)OCc1ccc(Cl)cc1)NC(=O)c1ccc2ccccc2n1. The van der Waals surface area contributed by atoms with E-state index in [1.54, 1.807) is 54.6 Å². The minimum Gasteiger partial charge on any atom is -0.469 e. The molecule has 1 aromatic heterocycles. The molecular formula is C33H33ClN4O6. The Morgan fingerprint density at radius 3 is 2.45 bits per heavy atom. The van der Waals surface area contributed by atoms with Crippen molar-refractivity contribution >= 4 is 52.1 Å². The smallest absolute Gasteiger partial charge is 0.407 e. The van der Waals surface area contributed by atoms with E-state index in [4.69, 9.17) is 21.1 Å². The molecule has 44 heavy (non-hydrogen) atoms. The fourth-order valence-corrected chi connectivity index (χ4v) is 4.52. The second-order valence-electron chi connectivity index (χ2n) is 9.91. The topological polar surface area (TPSA) is 136 Å². The quantitative estimate of drug-likeness (QED) is 0.134. The molecule has 0 unspecified atom stereocenters. The number of anilines is 1. The van der Waals surface area contributed by atoms with Crippen LogP contribution >= 0.6 is 11.6 Å². The van der Waals surface area contributed by atoms with Gasteiger partial charge in [-0.15, -0.1) is 0 Å². The maximum Gasteiger partial charge on any atom is 0.407 e. The standard InChI is InChI=1S/C33H33ClN4O6/c1-43-30(39)19-15-24-8-3-5-10-27(24)37-31(40)28(38-32(41)29-18-14-23-7-2-4-9-26(23)36-29)11-6-20-35-33(42)44-21-22-12-16-25(34)17-13-22/h2-5,7-10,12-14,16-18,28H,6,11,15,19-21H2,1H3,(H,35,42)(H,37,40)(H,38,41)/t28-/m0/s1. The number of methoxy groups -OCH3 is 1. The van der Waals surface area contributed by atoms with Crippen molar-refractivity contribution in [1.29, 1.82) is 0 Å². The van der Waals surface area contributed by atoms with E-state index < -0.39 is 23.9 Å². The molecule has 3 amide bonds. The van der Waals surface area contributed by atoms with Gasteiger partial charge in [-0.25, -0.2) is 9.78 Å². The zero-order chi connectivity index (χ0) is 31.3. The third-order valence-corrected chi connectivity index (χ3v) is 7.03. The van der Waals surface area contributed by atoms with Crippen molar-refractivity contribution in [3.63, 3.8) is 0 Å². The summed E-state index contributed by atoms with van der Waals surface area (Å²) in [6, 6.07) is 23.9. The number of hydrogen-bond donors (Lipinski definition) is 3. The lowest BCUT2D eigenvalue weighted by Crippen LogP contribution is -2.44. The van der Waals surface area contributed by atoms with Crippen molar-refractivity contribution in [3.8, 4) is 0 Å². The van der Waals surface area contributed by atoms with Crippen LogP contribution in [0.3, 0.4) is 0 Å². The predicted octanol–water partition coefficient (Wildman–Crippen LogP) is 5.44.